The van der Waals surface area contributed by atoms with Crippen molar-refractivity contribution in [3.8, 4) is 0 Å². The molecule has 134 valence electrons. The van der Waals surface area contributed by atoms with Crippen LogP contribution in [0.2, 0.25) is 0 Å². The molecule has 2 aromatic rings. The number of alkyl halides is 2. The Morgan fingerprint density at radius 2 is 1.84 bits per heavy atom. The highest BCUT2D eigenvalue weighted by molar-refractivity contribution is 6.62. The molecule has 3 rings (SSSR count). The Morgan fingerprint density at radius 1 is 1.20 bits per heavy atom. The molecule has 0 aromatic carbocycles. The lowest BCUT2D eigenvalue weighted by molar-refractivity contribution is 0.00578. The van der Waals surface area contributed by atoms with Gasteiger partial charge in [0, 0.05) is 17.9 Å². The largest absolute Gasteiger partial charge is 0.498 e. The van der Waals surface area contributed by atoms with Crippen LogP contribution in [-0.4, -0.2) is 33.1 Å². The highest BCUT2D eigenvalue weighted by Crippen LogP contribution is 2.36. The van der Waals surface area contributed by atoms with Gasteiger partial charge < -0.3 is 9.31 Å². The molecule has 25 heavy (non-hydrogen) atoms. The lowest BCUT2D eigenvalue weighted by atomic mass is 9.79. The fourth-order valence-corrected chi connectivity index (χ4v) is 2.71. The highest BCUT2D eigenvalue weighted by atomic mass is 19.3. The molecule has 0 N–H and O–H groups in total. The van der Waals surface area contributed by atoms with Gasteiger partial charge in [-0.3, -0.25) is 9.67 Å². The first kappa shape index (κ1) is 18.0. The Kier molecular flexibility index (Phi) is 4.45. The number of nitrogens with zero attached hydrogens (tertiary/aromatic N) is 3. The molecule has 0 aliphatic carbocycles. The maximum Gasteiger partial charge on any atom is 0.498 e. The summed E-state index contributed by atoms with van der Waals surface area (Å²) in [4.78, 5) is 3.68. The zero-order valence-corrected chi connectivity index (χ0v) is 15.1. The van der Waals surface area contributed by atoms with Crippen LogP contribution in [0.15, 0.2) is 24.5 Å². The van der Waals surface area contributed by atoms with Crippen LogP contribution in [0.5, 0.6) is 0 Å². The van der Waals surface area contributed by atoms with Crippen molar-refractivity contribution in [2.45, 2.75) is 58.8 Å². The Bertz CT molecular complexity index is 761. The molecule has 0 radical (unpaired) electrons. The van der Waals surface area contributed by atoms with E-state index < -0.39 is 24.7 Å². The third-order valence-electron chi connectivity index (χ3n) is 4.91. The maximum absolute atomic E-state index is 12.8. The van der Waals surface area contributed by atoms with E-state index in [0.29, 0.717) is 12.1 Å². The summed E-state index contributed by atoms with van der Waals surface area (Å²) >= 11 is 0. The monoisotopic (exact) mass is 349 g/mol. The fourth-order valence-electron chi connectivity index (χ4n) is 2.71. The van der Waals surface area contributed by atoms with Gasteiger partial charge in [-0.05, 0) is 52.3 Å². The molecule has 0 bridgehead atoms. The van der Waals surface area contributed by atoms with E-state index in [0.717, 1.165) is 11.2 Å². The predicted octanol–water partition coefficient (Wildman–Crippen LogP) is 2.87. The van der Waals surface area contributed by atoms with Gasteiger partial charge in [-0.25, -0.2) is 8.78 Å². The van der Waals surface area contributed by atoms with Crippen molar-refractivity contribution < 1.29 is 18.1 Å². The lowest BCUT2D eigenvalue weighted by Gasteiger charge is -2.32. The van der Waals surface area contributed by atoms with Gasteiger partial charge in [0.05, 0.1) is 23.4 Å². The second-order valence-corrected chi connectivity index (χ2v) is 7.35. The number of rotatable bonds is 4. The van der Waals surface area contributed by atoms with E-state index in [-0.39, 0.29) is 5.69 Å². The van der Waals surface area contributed by atoms with Crippen LogP contribution in [0, 0.1) is 6.92 Å². The Labute approximate surface area is 146 Å². The van der Waals surface area contributed by atoms with E-state index in [1.807, 2.05) is 40.8 Å². The third-order valence-corrected chi connectivity index (χ3v) is 4.91. The van der Waals surface area contributed by atoms with E-state index in [2.05, 4.69) is 10.1 Å². The predicted molar refractivity (Wildman–Crippen MR) is 91.0 cm³/mol. The molecule has 0 saturated carbocycles. The van der Waals surface area contributed by atoms with Gasteiger partial charge in [0.2, 0.25) is 0 Å². The van der Waals surface area contributed by atoms with Crippen molar-refractivity contribution in [3.05, 3.63) is 41.5 Å². The smallest absolute Gasteiger partial charge is 0.399 e. The van der Waals surface area contributed by atoms with Gasteiger partial charge in [0.25, 0.3) is 6.43 Å². The van der Waals surface area contributed by atoms with Crippen LogP contribution in [0.4, 0.5) is 8.78 Å². The molecule has 1 saturated heterocycles. The minimum atomic E-state index is -2.58. The average Bonchev–Trinajstić information content (AvgIpc) is 2.96. The van der Waals surface area contributed by atoms with E-state index in [9.17, 15) is 8.78 Å². The fraction of sp³-hybridized carbons (Fsp3) is 0.529. The molecule has 1 fully saturated rings. The molecule has 0 spiro atoms. The quantitative estimate of drug-likeness (QED) is 0.797. The van der Waals surface area contributed by atoms with Gasteiger partial charge in [-0.2, -0.15) is 5.10 Å². The normalized spacial score (nSPS) is 19.0. The molecular weight excluding hydrogens is 327 g/mol. The van der Waals surface area contributed by atoms with Gasteiger partial charge in [-0.15, -0.1) is 0 Å². The average molecular weight is 349 g/mol. The summed E-state index contributed by atoms with van der Waals surface area (Å²) in [6.07, 6.45) is 0.655. The minimum Gasteiger partial charge on any atom is -0.399 e. The van der Waals surface area contributed by atoms with E-state index in [4.69, 9.17) is 9.31 Å². The maximum atomic E-state index is 12.8. The van der Waals surface area contributed by atoms with Crippen LogP contribution in [0.25, 0.3) is 0 Å². The molecule has 0 unspecified atom stereocenters. The molecule has 2 aromatic heterocycles. The summed E-state index contributed by atoms with van der Waals surface area (Å²) < 4.78 is 39.4. The summed E-state index contributed by atoms with van der Waals surface area (Å²) in [6, 6.07) is 3.10. The van der Waals surface area contributed by atoms with Gasteiger partial charge in [0.1, 0.15) is 5.69 Å². The molecule has 0 atom stereocenters. The van der Waals surface area contributed by atoms with E-state index in [1.165, 1.54) is 12.3 Å². The van der Waals surface area contributed by atoms with Crippen molar-refractivity contribution in [1.82, 2.24) is 14.8 Å². The zero-order chi connectivity index (χ0) is 18.4. The summed E-state index contributed by atoms with van der Waals surface area (Å²) in [5.74, 6) is 0. The molecular formula is C17H22BF2N3O2. The standard InChI is InChI=1S/C17H22BF2N3O2/c1-11-13(18-24-16(2,3)17(4,5)25-18)10-23(22-11)9-12-6-7-21-14(8-12)15(19)20/h6-8,10,15H,9H2,1-5H3. The lowest BCUT2D eigenvalue weighted by Crippen LogP contribution is -2.41. The van der Waals surface area contributed by atoms with Crippen molar-refractivity contribution >= 4 is 12.6 Å². The number of aromatic nitrogens is 3. The number of hydrogen-bond donors (Lipinski definition) is 0. The molecule has 1 aliphatic heterocycles. The van der Waals surface area contributed by atoms with Crippen molar-refractivity contribution in [2.24, 2.45) is 0 Å². The second-order valence-electron chi connectivity index (χ2n) is 7.35. The van der Waals surface area contributed by atoms with E-state index >= 15 is 0 Å². The molecule has 1 aliphatic rings. The second kappa shape index (κ2) is 6.18. The third kappa shape index (κ3) is 3.46. The topological polar surface area (TPSA) is 49.2 Å². The summed E-state index contributed by atoms with van der Waals surface area (Å²) in [5, 5.41) is 4.47. The number of pyridine rings is 1. The molecule has 8 heteroatoms. The van der Waals surface area contributed by atoms with E-state index in [1.54, 1.807) is 10.7 Å². The van der Waals surface area contributed by atoms with Gasteiger partial charge in [0.15, 0.2) is 0 Å². The Morgan fingerprint density at radius 3 is 2.44 bits per heavy atom. The van der Waals surface area contributed by atoms with Crippen LogP contribution in [0.1, 0.15) is 51.1 Å². The SMILES string of the molecule is Cc1nn(Cc2ccnc(C(F)F)c2)cc1B1OC(C)(C)C(C)(C)O1. The first-order valence-corrected chi connectivity index (χ1v) is 8.21. The van der Waals surface area contributed by atoms with Crippen LogP contribution in [0.3, 0.4) is 0 Å². The molecule has 3 heterocycles. The van der Waals surface area contributed by atoms with Crippen LogP contribution >= 0.6 is 0 Å². The Hall–Kier alpha value is -1.80. The number of aryl methyl sites for hydroxylation is 1. The van der Waals surface area contributed by atoms with Crippen molar-refractivity contribution in [3.63, 3.8) is 0 Å². The van der Waals surface area contributed by atoms with Gasteiger partial charge in [-0.1, -0.05) is 0 Å². The number of hydrogen-bond acceptors (Lipinski definition) is 4. The van der Waals surface area contributed by atoms with Crippen molar-refractivity contribution in [1.29, 1.82) is 0 Å². The summed E-state index contributed by atoms with van der Waals surface area (Å²) in [6.45, 7) is 10.2. The Balaban J connectivity index is 1.81. The highest BCUT2D eigenvalue weighted by Gasteiger charge is 2.52. The number of halogens is 2. The summed E-state index contributed by atoms with van der Waals surface area (Å²) in [7, 11) is -0.493. The first-order chi connectivity index (χ1) is 11.6. The first-order valence-electron chi connectivity index (χ1n) is 8.21. The summed E-state index contributed by atoms with van der Waals surface area (Å²) in [5.41, 5.74) is 1.27. The van der Waals surface area contributed by atoms with Gasteiger partial charge >= 0.3 is 7.12 Å². The van der Waals surface area contributed by atoms with Crippen LogP contribution in [-0.2, 0) is 15.9 Å². The van der Waals surface area contributed by atoms with Crippen LogP contribution < -0.4 is 5.46 Å². The minimum absolute atomic E-state index is 0.229. The zero-order valence-electron chi connectivity index (χ0n) is 15.1. The molecule has 0 amide bonds. The van der Waals surface area contributed by atoms with Crippen molar-refractivity contribution in [2.75, 3.05) is 0 Å². The molecule has 5 nitrogen and oxygen atoms in total.